The summed E-state index contributed by atoms with van der Waals surface area (Å²) in [6, 6.07) is 11.7. The average Bonchev–Trinajstić information content (AvgIpc) is 2.60. The molecule has 2 aromatic rings. The van der Waals surface area contributed by atoms with Crippen molar-refractivity contribution in [3.63, 3.8) is 0 Å². The van der Waals surface area contributed by atoms with Gasteiger partial charge in [-0.1, -0.05) is 42.5 Å². The van der Waals surface area contributed by atoms with Crippen LogP contribution in [0.25, 0.3) is 0 Å². The Balaban J connectivity index is 2.04. The van der Waals surface area contributed by atoms with E-state index >= 15 is 0 Å². The Morgan fingerprint density at radius 1 is 1.08 bits per heavy atom. The van der Waals surface area contributed by atoms with E-state index in [9.17, 15) is 0 Å². The maximum atomic E-state index is 6.31. The number of nitrogens with one attached hydrogen (secondary N) is 1. The van der Waals surface area contributed by atoms with Crippen LogP contribution < -0.4 is 19.5 Å². The van der Waals surface area contributed by atoms with Crippen molar-refractivity contribution < 1.29 is 14.2 Å². The van der Waals surface area contributed by atoms with Crippen molar-refractivity contribution >= 4 is 11.6 Å². The van der Waals surface area contributed by atoms with E-state index in [-0.39, 0.29) is 0 Å². The standard InChI is InChI=1S/C19H22ClNO3/c1-4-9-24-19-16(20)10-14(11-18(19)23-3)12-21-13-15-7-5-6-8-17(15)22-2/h4-8,10-11,21H,1,9,12-13H2,2-3H3. The maximum Gasteiger partial charge on any atom is 0.180 e. The smallest absolute Gasteiger partial charge is 0.180 e. The van der Waals surface area contributed by atoms with Gasteiger partial charge in [-0.25, -0.2) is 0 Å². The zero-order chi connectivity index (χ0) is 17.4. The number of hydrogen-bond acceptors (Lipinski definition) is 4. The summed E-state index contributed by atoms with van der Waals surface area (Å²) in [5.74, 6) is 2.01. The quantitative estimate of drug-likeness (QED) is 0.690. The van der Waals surface area contributed by atoms with Crippen LogP contribution >= 0.6 is 11.6 Å². The molecule has 2 rings (SSSR count). The van der Waals surface area contributed by atoms with Crippen molar-refractivity contribution in [2.75, 3.05) is 20.8 Å². The second-order valence-electron chi connectivity index (χ2n) is 5.12. The lowest BCUT2D eigenvalue weighted by atomic mass is 10.1. The van der Waals surface area contributed by atoms with Crippen LogP contribution in [0.1, 0.15) is 11.1 Å². The molecule has 0 aliphatic carbocycles. The summed E-state index contributed by atoms with van der Waals surface area (Å²) in [7, 11) is 3.27. The summed E-state index contributed by atoms with van der Waals surface area (Å²) in [6.07, 6.45) is 1.67. The Morgan fingerprint density at radius 3 is 2.54 bits per heavy atom. The Bertz CT molecular complexity index is 688. The summed E-state index contributed by atoms with van der Waals surface area (Å²) in [6.45, 7) is 5.35. The highest BCUT2D eigenvalue weighted by molar-refractivity contribution is 6.32. The number of rotatable bonds is 9. The van der Waals surface area contributed by atoms with Crippen LogP contribution in [0.2, 0.25) is 5.02 Å². The maximum absolute atomic E-state index is 6.31. The van der Waals surface area contributed by atoms with E-state index in [2.05, 4.69) is 11.9 Å². The van der Waals surface area contributed by atoms with Gasteiger partial charge in [0.25, 0.3) is 0 Å². The van der Waals surface area contributed by atoms with Crippen LogP contribution in [0.4, 0.5) is 0 Å². The third-order valence-electron chi connectivity index (χ3n) is 3.47. The first-order valence-electron chi connectivity index (χ1n) is 7.62. The van der Waals surface area contributed by atoms with Crippen LogP contribution in [0, 0.1) is 0 Å². The molecule has 0 aliphatic heterocycles. The van der Waals surface area contributed by atoms with Crippen molar-refractivity contribution in [2.24, 2.45) is 0 Å². The van der Waals surface area contributed by atoms with Crippen molar-refractivity contribution in [1.29, 1.82) is 0 Å². The fourth-order valence-corrected chi connectivity index (χ4v) is 2.64. The molecule has 4 nitrogen and oxygen atoms in total. The van der Waals surface area contributed by atoms with E-state index in [4.69, 9.17) is 25.8 Å². The van der Waals surface area contributed by atoms with Crippen LogP contribution in [-0.2, 0) is 13.1 Å². The molecule has 0 unspecified atom stereocenters. The van der Waals surface area contributed by atoms with E-state index in [0.29, 0.717) is 36.2 Å². The first-order valence-corrected chi connectivity index (χ1v) is 8.00. The lowest BCUT2D eigenvalue weighted by Crippen LogP contribution is -2.13. The monoisotopic (exact) mass is 347 g/mol. The highest BCUT2D eigenvalue weighted by atomic mass is 35.5. The molecule has 0 heterocycles. The molecular formula is C19H22ClNO3. The van der Waals surface area contributed by atoms with Crippen molar-refractivity contribution in [3.05, 3.63) is 65.2 Å². The fourth-order valence-electron chi connectivity index (χ4n) is 2.35. The topological polar surface area (TPSA) is 39.7 Å². The van der Waals surface area contributed by atoms with E-state index in [0.717, 1.165) is 16.9 Å². The molecular weight excluding hydrogens is 326 g/mol. The number of benzene rings is 2. The summed E-state index contributed by atoms with van der Waals surface area (Å²) < 4.78 is 16.3. The predicted molar refractivity (Wildman–Crippen MR) is 97.2 cm³/mol. The Hall–Kier alpha value is -2.17. The average molecular weight is 348 g/mol. The van der Waals surface area contributed by atoms with Gasteiger partial charge in [0, 0.05) is 18.7 Å². The molecule has 24 heavy (non-hydrogen) atoms. The number of ether oxygens (including phenoxy) is 3. The van der Waals surface area contributed by atoms with Gasteiger partial charge in [0.1, 0.15) is 12.4 Å². The minimum Gasteiger partial charge on any atom is -0.496 e. The summed E-state index contributed by atoms with van der Waals surface area (Å²) in [5.41, 5.74) is 2.11. The zero-order valence-corrected chi connectivity index (χ0v) is 14.7. The van der Waals surface area contributed by atoms with Crippen LogP contribution in [0.15, 0.2) is 49.1 Å². The summed E-state index contributed by atoms with van der Waals surface area (Å²) >= 11 is 6.31. The van der Waals surface area contributed by atoms with Crippen molar-refractivity contribution in [1.82, 2.24) is 5.32 Å². The molecule has 0 saturated heterocycles. The fraction of sp³-hybridized carbons (Fsp3) is 0.263. The van der Waals surface area contributed by atoms with Crippen LogP contribution in [0.5, 0.6) is 17.2 Å². The number of hydrogen-bond donors (Lipinski definition) is 1. The molecule has 0 aliphatic rings. The Labute approximate surface area is 148 Å². The van der Waals surface area contributed by atoms with Gasteiger partial charge in [0.05, 0.1) is 19.2 Å². The van der Waals surface area contributed by atoms with Crippen molar-refractivity contribution in [2.45, 2.75) is 13.1 Å². The van der Waals surface area contributed by atoms with Gasteiger partial charge < -0.3 is 19.5 Å². The number of methoxy groups -OCH3 is 2. The van der Waals surface area contributed by atoms with Gasteiger partial charge in [-0.05, 0) is 23.8 Å². The number of para-hydroxylation sites is 1. The van der Waals surface area contributed by atoms with E-state index in [1.165, 1.54) is 0 Å². The summed E-state index contributed by atoms with van der Waals surface area (Å²) in [4.78, 5) is 0. The molecule has 0 radical (unpaired) electrons. The largest absolute Gasteiger partial charge is 0.496 e. The van der Waals surface area contributed by atoms with Gasteiger partial charge in [0.15, 0.2) is 11.5 Å². The molecule has 0 bridgehead atoms. The van der Waals surface area contributed by atoms with Gasteiger partial charge in [-0.15, -0.1) is 0 Å². The highest BCUT2D eigenvalue weighted by Gasteiger charge is 2.12. The molecule has 0 amide bonds. The third-order valence-corrected chi connectivity index (χ3v) is 3.75. The molecule has 1 N–H and O–H groups in total. The third kappa shape index (κ3) is 4.66. The molecule has 0 atom stereocenters. The van der Waals surface area contributed by atoms with Crippen LogP contribution in [0.3, 0.4) is 0 Å². The lowest BCUT2D eigenvalue weighted by molar-refractivity contribution is 0.326. The minimum absolute atomic E-state index is 0.376. The highest BCUT2D eigenvalue weighted by Crippen LogP contribution is 2.36. The predicted octanol–water partition coefficient (Wildman–Crippen LogP) is 4.21. The first-order chi connectivity index (χ1) is 11.7. The van der Waals surface area contributed by atoms with E-state index in [1.54, 1.807) is 20.3 Å². The minimum atomic E-state index is 0.376. The molecule has 0 saturated carbocycles. The molecule has 2 aromatic carbocycles. The molecule has 128 valence electrons. The molecule has 0 aromatic heterocycles. The molecule has 0 spiro atoms. The second-order valence-corrected chi connectivity index (χ2v) is 5.53. The summed E-state index contributed by atoms with van der Waals surface area (Å²) in [5, 5.41) is 3.90. The van der Waals surface area contributed by atoms with Gasteiger partial charge in [-0.2, -0.15) is 0 Å². The number of halogens is 1. The normalized spacial score (nSPS) is 10.3. The first kappa shape index (κ1) is 18.2. The Morgan fingerprint density at radius 2 is 1.83 bits per heavy atom. The van der Waals surface area contributed by atoms with Gasteiger partial charge in [0.2, 0.25) is 0 Å². The van der Waals surface area contributed by atoms with Gasteiger partial charge >= 0.3 is 0 Å². The molecule has 5 heteroatoms. The zero-order valence-electron chi connectivity index (χ0n) is 14.0. The second kappa shape index (κ2) is 9.21. The molecule has 0 fully saturated rings. The van der Waals surface area contributed by atoms with Crippen molar-refractivity contribution in [3.8, 4) is 17.2 Å². The van der Waals surface area contributed by atoms with Gasteiger partial charge in [-0.3, -0.25) is 0 Å². The van der Waals surface area contributed by atoms with E-state index in [1.807, 2.05) is 36.4 Å². The van der Waals surface area contributed by atoms with Crippen LogP contribution in [-0.4, -0.2) is 20.8 Å². The van der Waals surface area contributed by atoms with E-state index < -0.39 is 0 Å². The lowest BCUT2D eigenvalue weighted by Gasteiger charge is -2.14. The SMILES string of the molecule is C=CCOc1c(Cl)cc(CNCc2ccccc2OC)cc1OC. The Kier molecular flexibility index (Phi) is 6.97.